The minimum absolute atomic E-state index is 0.211. The predicted molar refractivity (Wildman–Crippen MR) is 312 cm³/mol. The summed E-state index contributed by atoms with van der Waals surface area (Å²) in [6, 6.07) is 78.6. The Kier molecular flexibility index (Phi) is 14.7. The van der Waals surface area contributed by atoms with Crippen molar-refractivity contribution in [3.63, 3.8) is 0 Å². The summed E-state index contributed by atoms with van der Waals surface area (Å²) in [5, 5.41) is 0. The Morgan fingerprint density at radius 2 is 0.405 bits per heavy atom. The van der Waals surface area contributed by atoms with Gasteiger partial charge in [0.15, 0.2) is 0 Å². The zero-order valence-corrected chi connectivity index (χ0v) is 44.4. The summed E-state index contributed by atoms with van der Waals surface area (Å²) in [5.41, 5.74) is 14.7. The molecule has 14 heterocycles. The SMILES string of the molecule is Cc1cc2cc(c1)-c1ccc(cc1)OCc1ccc(cc1)OCC1(COc3ccc(cc3)COc3ccc-2cc3)COc2ccc(cc2)COc2ccc(cc2)-c2cc(C)cc(c2)-c2ccc(cc2)OCc2ccc(cc2)OC1. The Hall–Kier alpha value is -9.40. The van der Waals surface area contributed by atoms with Crippen molar-refractivity contribution in [2.45, 2.75) is 40.3 Å². The third-order valence-electron chi connectivity index (χ3n) is 14.4. The molecule has 0 aromatic heterocycles. The zero-order chi connectivity index (χ0) is 53.4. The number of rotatable bonds is 0. The van der Waals surface area contributed by atoms with Crippen LogP contribution in [-0.2, 0) is 26.4 Å². The van der Waals surface area contributed by atoms with Gasteiger partial charge in [-0.2, -0.15) is 0 Å². The number of ether oxygens (including phenoxy) is 8. The lowest BCUT2D eigenvalue weighted by Gasteiger charge is -2.33. The molecule has 0 saturated carbocycles. The van der Waals surface area contributed by atoms with Crippen LogP contribution in [0.25, 0.3) is 44.5 Å². The second-order valence-corrected chi connectivity index (χ2v) is 20.7. The molecule has 24 rings (SSSR count). The number of aryl methyl sites for hydroxylation is 2. The molecule has 8 heteroatoms. The Morgan fingerprint density at radius 1 is 0.215 bits per heavy atom. The molecule has 10 aromatic carbocycles. The standard InChI is InChI=1S/C71H60O8/c1-49-35-59-39-60(36-49)56-13-29-64(30-14-56)73-42-52-5-21-68(22-6-52)77-46-71(45-76-67-19-3-51(4-20-67)41-72-63-27-11-55(59)12-28-63)47-78-69-23-7-53(8-24-69)43-74-65-31-15-57(16-32-65)61-37-50(2)38-62(40-61)58-17-33-66(34-18-58)75-44-54-9-25-70(26-10-54)79-48-71/h3-40H,41-48H2,1-2H3. The van der Waals surface area contributed by atoms with Crippen LogP contribution < -0.4 is 37.9 Å². The van der Waals surface area contributed by atoms with E-state index in [-0.39, 0.29) is 26.4 Å². The molecule has 1 spiro atoms. The Bertz CT molecular complexity index is 3150. The van der Waals surface area contributed by atoms with Crippen LogP contribution in [0, 0.1) is 19.3 Å². The van der Waals surface area contributed by atoms with Crippen LogP contribution in [0.15, 0.2) is 231 Å². The van der Waals surface area contributed by atoms with Crippen LogP contribution in [0.5, 0.6) is 46.0 Å². The van der Waals surface area contributed by atoms with Crippen molar-refractivity contribution in [1.82, 2.24) is 0 Å². The average molecular weight is 1040 g/mol. The van der Waals surface area contributed by atoms with E-state index in [1.165, 1.54) is 11.1 Å². The molecule has 14 aliphatic rings. The van der Waals surface area contributed by atoms with E-state index in [4.69, 9.17) is 37.9 Å². The molecule has 0 unspecified atom stereocenters. The number of benzene rings is 10. The molecule has 14 aliphatic heterocycles. The van der Waals surface area contributed by atoms with E-state index in [9.17, 15) is 0 Å². The van der Waals surface area contributed by atoms with Gasteiger partial charge in [-0.05, 0) is 201 Å². The first-order valence-electron chi connectivity index (χ1n) is 26.8. The summed E-state index contributed by atoms with van der Waals surface area (Å²) in [5.74, 6) is 5.95. The fraction of sp³-hybridized carbons (Fsp3) is 0.155. The lowest BCUT2D eigenvalue weighted by atomic mass is 9.92. The number of hydrogen-bond donors (Lipinski definition) is 0. The Balaban J connectivity index is 0.828. The molecule has 8 nitrogen and oxygen atoms in total. The third kappa shape index (κ3) is 12.7. The second-order valence-electron chi connectivity index (χ2n) is 20.7. The normalized spacial score (nSPS) is 14.2. The first-order chi connectivity index (χ1) is 38.8. The molecular weight excluding hydrogens is 981 g/mol. The maximum absolute atomic E-state index is 6.71. The molecule has 20 bridgehead atoms. The van der Waals surface area contributed by atoms with Gasteiger partial charge in [0.25, 0.3) is 0 Å². The maximum Gasteiger partial charge on any atom is 0.119 e. The van der Waals surface area contributed by atoms with Crippen LogP contribution in [0.2, 0.25) is 0 Å². The smallest absolute Gasteiger partial charge is 0.119 e. The topological polar surface area (TPSA) is 73.8 Å². The second kappa shape index (κ2) is 23.1. The van der Waals surface area contributed by atoms with Crippen LogP contribution >= 0.6 is 0 Å². The summed E-state index contributed by atoms with van der Waals surface area (Å²) in [4.78, 5) is 0. The summed E-state index contributed by atoms with van der Waals surface area (Å²) in [6.07, 6.45) is 0. The van der Waals surface area contributed by atoms with Gasteiger partial charge < -0.3 is 37.9 Å². The largest absolute Gasteiger partial charge is 0.493 e. The van der Waals surface area contributed by atoms with Crippen molar-refractivity contribution in [1.29, 1.82) is 0 Å². The number of hydrogen-bond acceptors (Lipinski definition) is 8. The summed E-state index contributed by atoms with van der Waals surface area (Å²) >= 11 is 0. The molecular formula is C71H60O8. The van der Waals surface area contributed by atoms with E-state index < -0.39 is 5.41 Å². The van der Waals surface area contributed by atoms with Gasteiger partial charge in [0, 0.05) is 0 Å². The van der Waals surface area contributed by atoms with Gasteiger partial charge in [0.05, 0.1) is 0 Å². The van der Waals surface area contributed by atoms with Gasteiger partial charge in [-0.1, -0.05) is 121 Å². The van der Waals surface area contributed by atoms with Gasteiger partial charge in [-0.25, -0.2) is 0 Å². The van der Waals surface area contributed by atoms with Gasteiger partial charge in [0.1, 0.15) is 104 Å². The first kappa shape index (κ1) is 50.4. The molecule has 0 amide bonds. The average Bonchev–Trinajstić information content (AvgIpc) is 3.50. The van der Waals surface area contributed by atoms with E-state index in [2.05, 4.69) is 98.8 Å². The van der Waals surface area contributed by atoms with Crippen LogP contribution in [0.1, 0.15) is 33.4 Å². The monoisotopic (exact) mass is 1040 g/mol. The highest BCUT2D eigenvalue weighted by Crippen LogP contribution is 2.34. The Morgan fingerprint density at radius 3 is 0.620 bits per heavy atom. The van der Waals surface area contributed by atoms with Crippen LogP contribution in [0.3, 0.4) is 0 Å². The highest BCUT2D eigenvalue weighted by molar-refractivity contribution is 5.76. The van der Waals surface area contributed by atoms with Gasteiger partial charge in [0.2, 0.25) is 0 Å². The highest BCUT2D eigenvalue weighted by atomic mass is 16.5. The molecule has 0 saturated heterocycles. The van der Waals surface area contributed by atoms with Gasteiger partial charge >= 0.3 is 0 Å². The minimum atomic E-state index is -0.826. The molecule has 79 heavy (non-hydrogen) atoms. The molecule has 0 fully saturated rings. The van der Waals surface area contributed by atoms with Crippen molar-refractivity contribution in [2.75, 3.05) is 26.4 Å². The first-order valence-corrected chi connectivity index (χ1v) is 26.8. The maximum atomic E-state index is 6.71. The molecule has 0 aliphatic carbocycles. The van der Waals surface area contributed by atoms with Crippen molar-refractivity contribution in [2.24, 2.45) is 5.41 Å². The summed E-state index contributed by atoms with van der Waals surface area (Å²) < 4.78 is 52.0. The van der Waals surface area contributed by atoms with Crippen molar-refractivity contribution < 1.29 is 37.9 Å². The quantitative estimate of drug-likeness (QED) is 0.149. The third-order valence-corrected chi connectivity index (χ3v) is 14.4. The van der Waals surface area contributed by atoms with Crippen LogP contribution in [0.4, 0.5) is 0 Å². The summed E-state index contributed by atoms with van der Waals surface area (Å²) in [6.45, 7) is 6.71. The predicted octanol–water partition coefficient (Wildman–Crippen LogP) is 16.5. The van der Waals surface area contributed by atoms with Gasteiger partial charge in [-0.3, -0.25) is 0 Å². The molecule has 0 radical (unpaired) electrons. The fourth-order valence-electron chi connectivity index (χ4n) is 9.80. The Labute approximate surface area is 462 Å². The van der Waals surface area contributed by atoms with Crippen LogP contribution in [-0.4, -0.2) is 26.4 Å². The van der Waals surface area contributed by atoms with Gasteiger partial charge in [-0.15, -0.1) is 0 Å². The van der Waals surface area contributed by atoms with E-state index in [0.717, 1.165) is 89.8 Å². The fourth-order valence-corrected chi connectivity index (χ4v) is 9.80. The van der Waals surface area contributed by atoms with Crippen molar-refractivity contribution in [3.05, 3.63) is 264 Å². The zero-order valence-electron chi connectivity index (χ0n) is 44.4. The summed E-state index contributed by atoms with van der Waals surface area (Å²) in [7, 11) is 0. The van der Waals surface area contributed by atoms with E-state index in [1.54, 1.807) is 0 Å². The molecule has 392 valence electrons. The minimum Gasteiger partial charge on any atom is -0.493 e. The molecule has 0 N–H and O–H groups in total. The van der Waals surface area contributed by atoms with Crippen molar-refractivity contribution >= 4 is 0 Å². The lowest BCUT2D eigenvalue weighted by Crippen LogP contribution is -2.45. The molecule has 0 atom stereocenters. The van der Waals surface area contributed by atoms with Crippen molar-refractivity contribution in [3.8, 4) is 90.5 Å². The molecule has 10 aromatic rings. The highest BCUT2D eigenvalue weighted by Gasteiger charge is 2.36. The van der Waals surface area contributed by atoms with E-state index in [0.29, 0.717) is 49.4 Å². The van der Waals surface area contributed by atoms with E-state index in [1.807, 2.05) is 146 Å². The lowest BCUT2D eigenvalue weighted by molar-refractivity contribution is -0.00354. The van der Waals surface area contributed by atoms with E-state index >= 15 is 0 Å².